The number of ether oxygens (including phenoxy) is 1. The molecule has 2 rings (SSSR count). The van der Waals surface area contributed by atoms with Crippen molar-refractivity contribution in [2.45, 2.75) is 0 Å². The minimum absolute atomic E-state index is 0.0671. The molecular formula is C9H5ClN2O3. The second-order valence-electron chi connectivity index (χ2n) is 2.71. The van der Waals surface area contributed by atoms with Crippen LogP contribution >= 0.6 is 11.6 Å². The molecule has 0 saturated carbocycles. The molecule has 0 unspecified atom stereocenters. The maximum absolute atomic E-state index is 10.4. The molecule has 0 aliphatic heterocycles. The SMILES string of the molecule is O=C(O)Oc1nnc(Cl)c2ccccc12. The van der Waals surface area contributed by atoms with Gasteiger partial charge in [-0.3, -0.25) is 0 Å². The van der Waals surface area contributed by atoms with Gasteiger partial charge in [-0.1, -0.05) is 29.8 Å². The summed E-state index contributed by atoms with van der Waals surface area (Å²) in [4.78, 5) is 10.4. The minimum Gasteiger partial charge on any atom is -0.449 e. The van der Waals surface area contributed by atoms with Crippen LogP contribution in [0.3, 0.4) is 0 Å². The number of hydrogen-bond acceptors (Lipinski definition) is 4. The van der Waals surface area contributed by atoms with Gasteiger partial charge in [0.2, 0.25) is 0 Å². The molecular weight excluding hydrogens is 220 g/mol. The summed E-state index contributed by atoms with van der Waals surface area (Å²) in [5, 5.41) is 16.9. The van der Waals surface area contributed by atoms with E-state index < -0.39 is 6.16 Å². The summed E-state index contributed by atoms with van der Waals surface area (Å²) in [6.45, 7) is 0. The van der Waals surface area contributed by atoms with Crippen LogP contribution in [-0.2, 0) is 0 Å². The highest BCUT2D eigenvalue weighted by Crippen LogP contribution is 2.26. The third kappa shape index (κ3) is 1.82. The molecule has 1 aromatic heterocycles. The lowest BCUT2D eigenvalue weighted by Crippen LogP contribution is -2.05. The molecule has 1 N–H and O–H groups in total. The Morgan fingerprint density at radius 3 is 2.60 bits per heavy atom. The lowest BCUT2D eigenvalue weighted by atomic mass is 10.2. The largest absolute Gasteiger partial charge is 0.512 e. The number of halogens is 1. The first-order valence-corrected chi connectivity index (χ1v) is 4.38. The van der Waals surface area contributed by atoms with Crippen molar-refractivity contribution in [2.24, 2.45) is 0 Å². The van der Waals surface area contributed by atoms with E-state index in [4.69, 9.17) is 16.7 Å². The molecule has 1 aromatic carbocycles. The van der Waals surface area contributed by atoms with Crippen molar-refractivity contribution in [1.29, 1.82) is 0 Å². The van der Waals surface area contributed by atoms with Crippen molar-refractivity contribution < 1.29 is 14.6 Å². The first kappa shape index (κ1) is 9.67. The maximum Gasteiger partial charge on any atom is 0.512 e. The Hall–Kier alpha value is -1.88. The van der Waals surface area contributed by atoms with Crippen molar-refractivity contribution in [1.82, 2.24) is 10.2 Å². The molecule has 0 fully saturated rings. The molecule has 1 heterocycles. The van der Waals surface area contributed by atoms with E-state index in [0.717, 1.165) is 0 Å². The second-order valence-corrected chi connectivity index (χ2v) is 3.07. The van der Waals surface area contributed by atoms with E-state index in [9.17, 15) is 4.79 Å². The summed E-state index contributed by atoms with van der Waals surface area (Å²) in [5.74, 6) is -0.0671. The highest BCUT2D eigenvalue weighted by atomic mass is 35.5. The van der Waals surface area contributed by atoms with E-state index in [-0.39, 0.29) is 11.0 Å². The van der Waals surface area contributed by atoms with E-state index >= 15 is 0 Å². The van der Waals surface area contributed by atoms with Gasteiger partial charge in [-0.25, -0.2) is 4.79 Å². The van der Waals surface area contributed by atoms with Crippen LogP contribution in [-0.4, -0.2) is 21.5 Å². The topological polar surface area (TPSA) is 72.3 Å². The molecule has 0 aliphatic carbocycles. The summed E-state index contributed by atoms with van der Waals surface area (Å²) >= 11 is 5.79. The van der Waals surface area contributed by atoms with E-state index in [1.165, 1.54) is 0 Å². The fraction of sp³-hybridized carbons (Fsp3) is 0. The number of fused-ring (bicyclic) bond motifs is 1. The van der Waals surface area contributed by atoms with Gasteiger partial charge in [0.25, 0.3) is 5.88 Å². The summed E-state index contributed by atoms with van der Waals surface area (Å²) in [5.41, 5.74) is 0. The average Bonchev–Trinajstić information content (AvgIpc) is 2.22. The Morgan fingerprint density at radius 2 is 1.93 bits per heavy atom. The quantitative estimate of drug-likeness (QED) is 0.753. The number of nitrogens with zero attached hydrogens (tertiary/aromatic N) is 2. The van der Waals surface area contributed by atoms with Crippen LogP contribution in [0.2, 0.25) is 5.15 Å². The molecule has 76 valence electrons. The van der Waals surface area contributed by atoms with Crippen LogP contribution in [0.25, 0.3) is 10.8 Å². The van der Waals surface area contributed by atoms with E-state index in [1.807, 2.05) is 0 Å². The van der Waals surface area contributed by atoms with Crippen molar-refractivity contribution >= 4 is 28.5 Å². The molecule has 0 atom stereocenters. The predicted molar refractivity (Wildman–Crippen MR) is 53.2 cm³/mol. The lowest BCUT2D eigenvalue weighted by molar-refractivity contribution is 0.143. The zero-order valence-corrected chi connectivity index (χ0v) is 8.10. The van der Waals surface area contributed by atoms with Crippen molar-refractivity contribution in [3.05, 3.63) is 29.4 Å². The average molecular weight is 225 g/mol. The van der Waals surface area contributed by atoms with E-state index in [2.05, 4.69) is 14.9 Å². The van der Waals surface area contributed by atoms with Crippen LogP contribution in [0.15, 0.2) is 24.3 Å². The third-order valence-electron chi connectivity index (χ3n) is 1.79. The first-order chi connectivity index (χ1) is 7.18. The van der Waals surface area contributed by atoms with Gasteiger partial charge in [-0.2, -0.15) is 0 Å². The summed E-state index contributed by atoms with van der Waals surface area (Å²) < 4.78 is 4.47. The number of carbonyl (C=O) groups is 1. The van der Waals surface area contributed by atoms with Crippen LogP contribution in [0.1, 0.15) is 0 Å². The molecule has 15 heavy (non-hydrogen) atoms. The Morgan fingerprint density at radius 1 is 1.27 bits per heavy atom. The summed E-state index contributed by atoms with van der Waals surface area (Å²) in [6.07, 6.45) is -1.43. The lowest BCUT2D eigenvalue weighted by Gasteiger charge is -2.03. The standard InChI is InChI=1S/C9H5ClN2O3/c10-7-5-3-1-2-4-6(5)8(12-11-7)15-9(13)14/h1-4H,(H,13,14). The Kier molecular flexibility index (Phi) is 2.39. The third-order valence-corrected chi connectivity index (χ3v) is 2.07. The normalized spacial score (nSPS) is 10.2. The predicted octanol–water partition coefficient (Wildman–Crippen LogP) is 2.34. The summed E-state index contributed by atoms with van der Waals surface area (Å²) in [6, 6.07) is 6.87. The van der Waals surface area contributed by atoms with Crippen molar-refractivity contribution in [3.63, 3.8) is 0 Å². The Balaban J connectivity index is 2.66. The highest BCUT2D eigenvalue weighted by molar-refractivity contribution is 6.34. The first-order valence-electron chi connectivity index (χ1n) is 4.00. The fourth-order valence-electron chi connectivity index (χ4n) is 1.20. The number of aromatic nitrogens is 2. The number of carboxylic acid groups (broad SMARTS) is 1. The molecule has 0 radical (unpaired) electrons. The van der Waals surface area contributed by atoms with Crippen LogP contribution in [0.4, 0.5) is 4.79 Å². The molecule has 6 heteroatoms. The van der Waals surface area contributed by atoms with Gasteiger partial charge >= 0.3 is 6.16 Å². The van der Waals surface area contributed by atoms with Crippen LogP contribution in [0.5, 0.6) is 5.88 Å². The van der Waals surface area contributed by atoms with Gasteiger partial charge in [0.1, 0.15) is 0 Å². The number of hydrogen-bond donors (Lipinski definition) is 1. The van der Waals surface area contributed by atoms with Gasteiger partial charge in [0, 0.05) is 10.8 Å². The smallest absolute Gasteiger partial charge is 0.449 e. The van der Waals surface area contributed by atoms with Gasteiger partial charge in [-0.05, 0) is 6.07 Å². The minimum atomic E-state index is -1.43. The van der Waals surface area contributed by atoms with E-state index in [0.29, 0.717) is 10.8 Å². The fourth-order valence-corrected chi connectivity index (χ4v) is 1.41. The van der Waals surface area contributed by atoms with Crippen molar-refractivity contribution in [2.75, 3.05) is 0 Å². The van der Waals surface area contributed by atoms with Gasteiger partial charge in [0.15, 0.2) is 5.15 Å². The Bertz CT molecular complexity index is 530. The van der Waals surface area contributed by atoms with Gasteiger partial charge in [-0.15, -0.1) is 10.2 Å². The monoisotopic (exact) mass is 224 g/mol. The van der Waals surface area contributed by atoms with Crippen molar-refractivity contribution in [3.8, 4) is 5.88 Å². The number of benzene rings is 1. The summed E-state index contributed by atoms with van der Waals surface area (Å²) in [7, 11) is 0. The van der Waals surface area contributed by atoms with Crippen LogP contribution < -0.4 is 4.74 Å². The van der Waals surface area contributed by atoms with Gasteiger partial charge < -0.3 is 9.84 Å². The second kappa shape index (κ2) is 3.70. The molecule has 0 aliphatic rings. The van der Waals surface area contributed by atoms with Crippen LogP contribution in [0, 0.1) is 0 Å². The Labute approximate surface area is 89.3 Å². The highest BCUT2D eigenvalue weighted by Gasteiger charge is 2.10. The molecule has 2 aromatic rings. The molecule has 0 bridgehead atoms. The molecule has 0 saturated heterocycles. The number of rotatable bonds is 1. The molecule has 5 nitrogen and oxygen atoms in total. The van der Waals surface area contributed by atoms with Gasteiger partial charge in [0.05, 0.1) is 0 Å². The molecule has 0 amide bonds. The molecule has 0 spiro atoms. The zero-order chi connectivity index (χ0) is 10.8. The maximum atomic E-state index is 10.4. The van der Waals surface area contributed by atoms with E-state index in [1.54, 1.807) is 24.3 Å². The zero-order valence-electron chi connectivity index (χ0n) is 7.35.